The maximum atomic E-state index is 11.7. The third-order valence-electron chi connectivity index (χ3n) is 2.50. The number of hydrogen-bond donors (Lipinski definition) is 1. The number of oxazole rings is 1. The largest absolute Gasteiger partial charge is 0.417 e. The van der Waals surface area contributed by atoms with Gasteiger partial charge < -0.3 is 4.42 Å². The minimum absolute atomic E-state index is 0.0614. The van der Waals surface area contributed by atoms with Crippen molar-refractivity contribution in [2.75, 3.05) is 0 Å². The fourth-order valence-electron chi connectivity index (χ4n) is 1.79. The highest BCUT2D eigenvalue weighted by Gasteiger charge is 2.33. The lowest BCUT2D eigenvalue weighted by Crippen LogP contribution is -2.21. The lowest BCUT2D eigenvalue weighted by atomic mass is 9.91. The second-order valence-corrected chi connectivity index (χ2v) is 3.42. The Hall–Kier alpha value is -2.43. The van der Waals surface area contributed by atoms with Gasteiger partial charge in [-0.15, -0.1) is 0 Å². The molecule has 0 radical (unpaired) electrons. The molecule has 0 amide bonds. The SMILES string of the molecule is O=C1C(=O)c2[nH]c(=O)oc2-c2ccccc21. The Morgan fingerprint density at radius 2 is 1.62 bits per heavy atom. The van der Waals surface area contributed by atoms with E-state index in [0.717, 1.165) is 0 Å². The predicted octanol–water partition coefficient (Wildman–Crippen LogP) is 1.01. The monoisotopic (exact) mass is 215 g/mol. The summed E-state index contributed by atoms with van der Waals surface area (Å²) in [6.45, 7) is 0. The number of ketones is 2. The van der Waals surface area contributed by atoms with Crippen molar-refractivity contribution in [3.05, 3.63) is 46.1 Å². The van der Waals surface area contributed by atoms with E-state index in [4.69, 9.17) is 4.42 Å². The molecule has 0 fully saturated rings. The van der Waals surface area contributed by atoms with E-state index < -0.39 is 17.3 Å². The lowest BCUT2D eigenvalue weighted by Gasteiger charge is -2.10. The number of aromatic nitrogens is 1. The van der Waals surface area contributed by atoms with Gasteiger partial charge in [0.2, 0.25) is 5.78 Å². The quantitative estimate of drug-likeness (QED) is 0.665. The molecule has 0 bridgehead atoms. The second-order valence-electron chi connectivity index (χ2n) is 3.42. The van der Waals surface area contributed by atoms with Crippen LogP contribution in [0.1, 0.15) is 20.8 Å². The van der Waals surface area contributed by atoms with E-state index in [9.17, 15) is 14.4 Å². The van der Waals surface area contributed by atoms with Crippen LogP contribution in [0.15, 0.2) is 33.5 Å². The Labute approximate surface area is 88.7 Å². The topological polar surface area (TPSA) is 80.1 Å². The first-order valence-corrected chi connectivity index (χ1v) is 4.60. The number of nitrogens with one attached hydrogen (secondary N) is 1. The van der Waals surface area contributed by atoms with Crippen molar-refractivity contribution < 1.29 is 14.0 Å². The summed E-state index contributed by atoms with van der Waals surface area (Å²) < 4.78 is 4.87. The van der Waals surface area contributed by atoms with Crippen molar-refractivity contribution in [2.24, 2.45) is 0 Å². The zero-order valence-electron chi connectivity index (χ0n) is 7.94. The molecule has 1 aromatic heterocycles. The second kappa shape index (κ2) is 2.79. The molecular formula is C11H5NO4. The standard InChI is InChI=1S/C11H5NO4/c13-8-5-3-1-2-4-6(5)10-7(9(8)14)12-11(15)16-10/h1-4H,(H,12,15). The number of H-pyrrole nitrogens is 1. The van der Waals surface area contributed by atoms with Gasteiger partial charge in [0.05, 0.1) is 0 Å². The lowest BCUT2D eigenvalue weighted by molar-refractivity contribution is 0.0812. The van der Waals surface area contributed by atoms with Gasteiger partial charge in [-0.25, -0.2) is 4.79 Å². The molecule has 2 aromatic rings. The molecule has 5 nitrogen and oxygen atoms in total. The van der Waals surface area contributed by atoms with Crippen molar-refractivity contribution in [1.29, 1.82) is 0 Å². The normalized spacial score (nSPS) is 13.5. The third kappa shape index (κ3) is 0.967. The van der Waals surface area contributed by atoms with E-state index in [1.807, 2.05) is 0 Å². The van der Waals surface area contributed by atoms with Crippen molar-refractivity contribution in [2.45, 2.75) is 0 Å². The summed E-state index contributed by atoms with van der Waals surface area (Å²) in [5, 5.41) is 0. The van der Waals surface area contributed by atoms with E-state index in [2.05, 4.69) is 4.98 Å². The van der Waals surface area contributed by atoms with E-state index >= 15 is 0 Å². The molecule has 1 aliphatic rings. The Balaban J connectivity index is 2.45. The van der Waals surface area contributed by atoms with Crippen LogP contribution in [0, 0.1) is 0 Å². The first-order valence-electron chi connectivity index (χ1n) is 4.60. The number of hydrogen-bond acceptors (Lipinski definition) is 4. The van der Waals surface area contributed by atoms with Crippen LogP contribution >= 0.6 is 0 Å². The van der Waals surface area contributed by atoms with Crippen LogP contribution in [0.25, 0.3) is 11.3 Å². The maximum Gasteiger partial charge on any atom is 0.417 e. The Bertz CT molecular complexity index is 677. The first kappa shape index (κ1) is 8.84. The molecule has 0 spiro atoms. The van der Waals surface area contributed by atoms with Gasteiger partial charge in [0.1, 0.15) is 5.69 Å². The summed E-state index contributed by atoms with van der Waals surface area (Å²) in [5.41, 5.74) is 0.678. The smallest absolute Gasteiger partial charge is 0.407 e. The third-order valence-corrected chi connectivity index (χ3v) is 2.50. The van der Waals surface area contributed by atoms with Crippen molar-refractivity contribution >= 4 is 11.6 Å². The van der Waals surface area contributed by atoms with Crippen LogP contribution in [0.4, 0.5) is 0 Å². The highest BCUT2D eigenvalue weighted by Crippen LogP contribution is 2.31. The van der Waals surface area contributed by atoms with E-state index in [1.165, 1.54) is 6.07 Å². The predicted molar refractivity (Wildman–Crippen MR) is 53.4 cm³/mol. The van der Waals surface area contributed by atoms with Gasteiger partial charge in [0, 0.05) is 11.1 Å². The molecule has 0 unspecified atom stereocenters. The molecule has 16 heavy (non-hydrogen) atoms. The Kier molecular flexibility index (Phi) is 1.54. The van der Waals surface area contributed by atoms with Crippen LogP contribution in [0.5, 0.6) is 0 Å². The average Bonchev–Trinajstić information content (AvgIpc) is 2.68. The van der Waals surface area contributed by atoms with Gasteiger partial charge in [-0.1, -0.05) is 24.3 Å². The van der Waals surface area contributed by atoms with Gasteiger partial charge in [0.25, 0.3) is 5.78 Å². The Morgan fingerprint density at radius 1 is 0.938 bits per heavy atom. The number of aromatic amines is 1. The minimum atomic E-state index is -0.737. The number of carbonyl (C=O) groups excluding carboxylic acids is 2. The highest BCUT2D eigenvalue weighted by atomic mass is 16.4. The highest BCUT2D eigenvalue weighted by molar-refractivity contribution is 6.52. The van der Waals surface area contributed by atoms with E-state index in [-0.39, 0.29) is 17.0 Å². The number of benzene rings is 1. The minimum Gasteiger partial charge on any atom is -0.407 e. The van der Waals surface area contributed by atoms with Crippen LogP contribution < -0.4 is 5.76 Å². The molecule has 1 aliphatic carbocycles. The number of fused-ring (bicyclic) bond motifs is 3. The van der Waals surface area contributed by atoms with Gasteiger partial charge in [-0.2, -0.15) is 0 Å². The van der Waals surface area contributed by atoms with Crippen LogP contribution in [-0.2, 0) is 0 Å². The fraction of sp³-hybridized carbons (Fsp3) is 0. The molecule has 0 saturated carbocycles. The molecule has 78 valence electrons. The van der Waals surface area contributed by atoms with Gasteiger partial charge in [-0.05, 0) is 0 Å². The van der Waals surface area contributed by atoms with Gasteiger partial charge in [0.15, 0.2) is 5.76 Å². The molecule has 0 atom stereocenters. The average molecular weight is 215 g/mol. The molecule has 3 rings (SSSR count). The zero-order valence-corrected chi connectivity index (χ0v) is 7.94. The summed E-state index contributed by atoms with van der Waals surface area (Å²) in [7, 11) is 0. The fourth-order valence-corrected chi connectivity index (χ4v) is 1.79. The van der Waals surface area contributed by atoms with Gasteiger partial charge >= 0.3 is 5.76 Å². The molecule has 1 aromatic carbocycles. The maximum absolute atomic E-state index is 11.7. The molecule has 0 aliphatic heterocycles. The number of rotatable bonds is 0. The molecule has 1 heterocycles. The van der Waals surface area contributed by atoms with Crippen LogP contribution in [-0.4, -0.2) is 16.6 Å². The van der Waals surface area contributed by atoms with Crippen molar-refractivity contribution in [1.82, 2.24) is 4.98 Å². The van der Waals surface area contributed by atoms with E-state index in [0.29, 0.717) is 5.56 Å². The summed E-state index contributed by atoms with van der Waals surface area (Å²) in [4.78, 5) is 36.5. The molecule has 5 heteroatoms. The summed E-state index contributed by atoms with van der Waals surface area (Å²) in [6, 6.07) is 6.53. The Morgan fingerprint density at radius 3 is 2.38 bits per heavy atom. The van der Waals surface area contributed by atoms with Crippen molar-refractivity contribution in [3.8, 4) is 11.3 Å². The summed E-state index contributed by atoms with van der Waals surface area (Å²) >= 11 is 0. The summed E-state index contributed by atoms with van der Waals surface area (Å²) in [6.07, 6.45) is 0. The van der Waals surface area contributed by atoms with E-state index in [1.54, 1.807) is 18.2 Å². The number of carbonyl (C=O) groups is 2. The molecule has 0 saturated heterocycles. The van der Waals surface area contributed by atoms with Crippen LogP contribution in [0.2, 0.25) is 0 Å². The summed E-state index contributed by atoms with van der Waals surface area (Å²) in [5.74, 6) is -1.95. The number of Topliss-reactive ketones (excluding diaryl/α,β-unsaturated/α-hetero) is 2. The molecular weight excluding hydrogens is 210 g/mol. The van der Waals surface area contributed by atoms with Crippen LogP contribution in [0.3, 0.4) is 0 Å². The molecule has 1 N–H and O–H groups in total. The van der Waals surface area contributed by atoms with Crippen molar-refractivity contribution in [3.63, 3.8) is 0 Å². The first-order chi connectivity index (χ1) is 7.68. The zero-order chi connectivity index (χ0) is 11.3. The van der Waals surface area contributed by atoms with Gasteiger partial charge in [-0.3, -0.25) is 14.6 Å².